The van der Waals surface area contributed by atoms with Crippen molar-refractivity contribution in [1.82, 2.24) is 20.0 Å². The highest BCUT2D eigenvalue weighted by Gasteiger charge is 2.23. The quantitative estimate of drug-likeness (QED) is 0.330. The average Bonchev–Trinajstić information content (AvgIpc) is 2.71. The minimum atomic E-state index is 0. The molecule has 0 bridgehead atoms. The summed E-state index contributed by atoms with van der Waals surface area (Å²) in [5.41, 5.74) is 1.12. The molecule has 0 spiro atoms. The molecular formula is C21H35ClIN5O. The molecule has 164 valence electrons. The van der Waals surface area contributed by atoms with Crippen LogP contribution in [0.25, 0.3) is 0 Å². The first-order chi connectivity index (χ1) is 13.5. The number of halogens is 2. The summed E-state index contributed by atoms with van der Waals surface area (Å²) in [6.45, 7) is 14.5. The highest BCUT2D eigenvalue weighted by molar-refractivity contribution is 14.0. The molecule has 1 aromatic carbocycles. The van der Waals surface area contributed by atoms with Gasteiger partial charge in [-0.25, -0.2) is 0 Å². The van der Waals surface area contributed by atoms with Crippen molar-refractivity contribution in [2.24, 2.45) is 4.99 Å². The fourth-order valence-electron chi connectivity index (χ4n) is 3.65. The summed E-state index contributed by atoms with van der Waals surface area (Å²) in [5, 5.41) is 4.20. The largest absolute Gasteiger partial charge is 0.357 e. The number of likely N-dealkylation sites (N-methyl/N-ethyl adjacent to an activating group) is 1. The number of hydrogen-bond acceptors (Lipinski definition) is 3. The van der Waals surface area contributed by atoms with Crippen molar-refractivity contribution in [3.63, 3.8) is 0 Å². The van der Waals surface area contributed by atoms with Crippen LogP contribution in [0.3, 0.4) is 0 Å². The average molecular weight is 536 g/mol. The van der Waals surface area contributed by atoms with Crippen molar-refractivity contribution in [3.05, 3.63) is 34.9 Å². The van der Waals surface area contributed by atoms with Gasteiger partial charge in [0, 0.05) is 44.7 Å². The van der Waals surface area contributed by atoms with Crippen LogP contribution in [-0.4, -0.2) is 78.9 Å². The number of hydrogen-bond donors (Lipinski definition) is 1. The Bertz CT molecular complexity index is 660. The van der Waals surface area contributed by atoms with Gasteiger partial charge in [-0.15, -0.1) is 24.0 Å². The third kappa shape index (κ3) is 7.29. The standard InChI is InChI=1S/C21H34ClN5O.HI/c1-5-23-21(27-14-12-26(13-15-27)17(4)28)24-16-20(25(6-2)7-3)18-10-8-9-11-19(18)22;/h8-11,20H,5-7,12-16H2,1-4H3,(H,23,24);1H. The second-order valence-corrected chi connectivity index (χ2v) is 7.35. The molecule has 6 nitrogen and oxygen atoms in total. The molecular weight excluding hydrogens is 501 g/mol. The number of benzene rings is 1. The highest BCUT2D eigenvalue weighted by Crippen LogP contribution is 2.27. The summed E-state index contributed by atoms with van der Waals surface area (Å²) >= 11 is 6.51. The summed E-state index contributed by atoms with van der Waals surface area (Å²) in [7, 11) is 0. The van der Waals surface area contributed by atoms with Crippen molar-refractivity contribution >= 4 is 47.4 Å². The summed E-state index contributed by atoms with van der Waals surface area (Å²) in [6, 6.07) is 8.18. The first-order valence-corrected chi connectivity index (χ1v) is 10.7. The van der Waals surface area contributed by atoms with Crippen molar-refractivity contribution in [2.75, 3.05) is 52.4 Å². The molecule has 0 radical (unpaired) electrons. The molecule has 0 saturated carbocycles. The number of guanidine groups is 1. The molecule has 1 aliphatic heterocycles. The van der Waals surface area contributed by atoms with Gasteiger partial charge in [-0.05, 0) is 31.6 Å². The lowest BCUT2D eigenvalue weighted by molar-refractivity contribution is -0.130. The van der Waals surface area contributed by atoms with E-state index in [2.05, 4.69) is 42.0 Å². The Morgan fingerprint density at radius 3 is 2.24 bits per heavy atom. The number of amides is 1. The lowest BCUT2D eigenvalue weighted by Gasteiger charge is -2.36. The molecule has 1 fully saturated rings. The number of nitrogens with zero attached hydrogens (tertiary/aromatic N) is 4. The normalized spacial score (nSPS) is 15.9. The van der Waals surface area contributed by atoms with E-state index >= 15 is 0 Å². The Morgan fingerprint density at radius 1 is 1.14 bits per heavy atom. The predicted octanol–water partition coefficient (Wildman–Crippen LogP) is 3.47. The van der Waals surface area contributed by atoms with E-state index in [1.165, 1.54) is 0 Å². The van der Waals surface area contributed by atoms with Crippen LogP contribution in [0, 0.1) is 0 Å². The number of piperazine rings is 1. The third-order valence-electron chi connectivity index (χ3n) is 5.29. The second-order valence-electron chi connectivity index (χ2n) is 6.95. The van der Waals surface area contributed by atoms with Crippen molar-refractivity contribution in [2.45, 2.75) is 33.7 Å². The van der Waals surface area contributed by atoms with Crippen LogP contribution in [0.2, 0.25) is 5.02 Å². The number of nitrogens with one attached hydrogen (secondary N) is 1. The molecule has 2 rings (SSSR count). The van der Waals surface area contributed by atoms with Crippen LogP contribution in [0.4, 0.5) is 0 Å². The highest BCUT2D eigenvalue weighted by atomic mass is 127. The number of carbonyl (C=O) groups excluding carboxylic acids is 1. The van der Waals surface area contributed by atoms with E-state index in [1.807, 2.05) is 23.1 Å². The van der Waals surface area contributed by atoms with Gasteiger partial charge >= 0.3 is 0 Å². The van der Waals surface area contributed by atoms with E-state index in [0.29, 0.717) is 6.54 Å². The molecule has 0 aliphatic carbocycles. The van der Waals surface area contributed by atoms with Crippen LogP contribution in [0.5, 0.6) is 0 Å². The van der Waals surface area contributed by atoms with E-state index in [4.69, 9.17) is 16.6 Å². The maximum atomic E-state index is 11.6. The maximum Gasteiger partial charge on any atom is 0.219 e. The summed E-state index contributed by atoms with van der Waals surface area (Å²) in [5.74, 6) is 1.05. The Kier molecular flexibility index (Phi) is 11.9. The van der Waals surface area contributed by atoms with Crippen molar-refractivity contribution in [1.29, 1.82) is 0 Å². The second kappa shape index (κ2) is 13.3. The molecule has 1 heterocycles. The van der Waals surface area contributed by atoms with Crippen LogP contribution in [0.1, 0.15) is 39.3 Å². The lowest BCUT2D eigenvalue weighted by atomic mass is 10.1. The molecule has 29 heavy (non-hydrogen) atoms. The summed E-state index contributed by atoms with van der Waals surface area (Å²) in [6.07, 6.45) is 0. The topological polar surface area (TPSA) is 51.2 Å². The molecule has 1 unspecified atom stereocenters. The van der Waals surface area contributed by atoms with Crippen LogP contribution in [0.15, 0.2) is 29.3 Å². The molecule has 1 aromatic rings. The van der Waals surface area contributed by atoms with Gasteiger partial charge in [-0.1, -0.05) is 43.6 Å². The Hall–Kier alpha value is -1.06. The number of rotatable bonds is 7. The zero-order chi connectivity index (χ0) is 20.5. The van der Waals surface area contributed by atoms with Gasteiger partial charge in [0.05, 0.1) is 12.6 Å². The zero-order valence-corrected chi connectivity index (χ0v) is 21.1. The van der Waals surface area contributed by atoms with E-state index in [9.17, 15) is 4.79 Å². The van der Waals surface area contributed by atoms with Crippen molar-refractivity contribution in [3.8, 4) is 0 Å². The molecule has 1 aliphatic rings. The first-order valence-electron chi connectivity index (χ1n) is 10.3. The molecule has 8 heteroatoms. The zero-order valence-electron chi connectivity index (χ0n) is 18.0. The Morgan fingerprint density at radius 2 is 1.72 bits per heavy atom. The van der Waals surface area contributed by atoms with Gasteiger partial charge in [0.15, 0.2) is 5.96 Å². The van der Waals surface area contributed by atoms with E-state index < -0.39 is 0 Å². The van der Waals surface area contributed by atoms with Gasteiger partial charge in [-0.2, -0.15) is 0 Å². The van der Waals surface area contributed by atoms with Crippen LogP contribution < -0.4 is 5.32 Å². The van der Waals surface area contributed by atoms with Crippen LogP contribution >= 0.6 is 35.6 Å². The van der Waals surface area contributed by atoms with Gasteiger partial charge in [0.2, 0.25) is 5.91 Å². The third-order valence-corrected chi connectivity index (χ3v) is 5.63. The molecule has 1 amide bonds. The van der Waals surface area contributed by atoms with Crippen molar-refractivity contribution < 1.29 is 4.79 Å². The summed E-state index contributed by atoms with van der Waals surface area (Å²) in [4.78, 5) is 23.1. The van der Waals surface area contributed by atoms with Gasteiger partial charge in [0.1, 0.15) is 0 Å². The van der Waals surface area contributed by atoms with Gasteiger partial charge in [-0.3, -0.25) is 14.7 Å². The molecule has 1 saturated heterocycles. The molecule has 0 aromatic heterocycles. The predicted molar refractivity (Wildman–Crippen MR) is 132 cm³/mol. The Balaban J connectivity index is 0.00000420. The number of aliphatic imine (C=N–C) groups is 1. The van der Waals surface area contributed by atoms with E-state index in [1.54, 1.807) is 6.92 Å². The fourth-order valence-corrected chi connectivity index (χ4v) is 3.91. The Labute approximate surface area is 197 Å². The minimum Gasteiger partial charge on any atom is -0.357 e. The fraction of sp³-hybridized carbons (Fsp3) is 0.619. The SMILES string of the molecule is CCNC(=NCC(c1ccccc1Cl)N(CC)CC)N1CCN(C(C)=O)CC1.I. The molecule has 1 N–H and O–H groups in total. The first kappa shape index (κ1) is 26.0. The smallest absolute Gasteiger partial charge is 0.219 e. The lowest BCUT2D eigenvalue weighted by Crippen LogP contribution is -2.53. The van der Waals surface area contributed by atoms with E-state index in [-0.39, 0.29) is 35.9 Å². The number of carbonyl (C=O) groups is 1. The van der Waals surface area contributed by atoms with Gasteiger partial charge < -0.3 is 15.1 Å². The monoisotopic (exact) mass is 535 g/mol. The van der Waals surface area contributed by atoms with E-state index in [0.717, 1.165) is 62.4 Å². The minimum absolute atomic E-state index is 0. The summed E-state index contributed by atoms with van der Waals surface area (Å²) < 4.78 is 0. The molecule has 1 atom stereocenters. The maximum absolute atomic E-state index is 11.6. The van der Waals surface area contributed by atoms with Gasteiger partial charge in [0.25, 0.3) is 0 Å². The van der Waals surface area contributed by atoms with Crippen LogP contribution in [-0.2, 0) is 4.79 Å².